The maximum absolute atomic E-state index is 4.04. The summed E-state index contributed by atoms with van der Waals surface area (Å²) in [5, 5.41) is 3.21. The van der Waals surface area contributed by atoms with Gasteiger partial charge in [-0.2, -0.15) is 0 Å². The highest BCUT2D eigenvalue weighted by atomic mass is 14.8. The number of allylic oxidation sites excluding steroid dienone is 1. The minimum absolute atomic E-state index is 0. The molecule has 0 saturated carbocycles. The van der Waals surface area contributed by atoms with Crippen LogP contribution >= 0.6 is 0 Å². The Morgan fingerprint density at radius 1 is 1.64 bits per heavy atom. The number of hydrogen-bond donors (Lipinski definition) is 1. The smallest absolute Gasteiger partial charge is 0.0410 e. The van der Waals surface area contributed by atoms with Gasteiger partial charge in [-0.25, -0.2) is 0 Å². The molecule has 0 bridgehead atoms. The molecule has 0 fully saturated rings. The van der Waals surface area contributed by atoms with E-state index < -0.39 is 0 Å². The van der Waals surface area contributed by atoms with Gasteiger partial charge in [-0.3, -0.25) is 4.99 Å². The number of hydrogen-bond acceptors (Lipinski definition) is 2. The summed E-state index contributed by atoms with van der Waals surface area (Å²) in [6.07, 6.45) is 4.23. The first kappa shape index (κ1) is 10.1. The van der Waals surface area contributed by atoms with Crippen LogP contribution in [0.5, 0.6) is 0 Å². The number of nitrogens with one attached hydrogen (secondary N) is 1. The molecule has 0 aliphatic rings. The molecule has 2 nitrogen and oxygen atoms in total. The average Bonchev–Trinajstić information content (AvgIpc) is 2.03. The zero-order valence-electron chi connectivity index (χ0n) is 7.14. The Morgan fingerprint density at radius 2 is 2.36 bits per heavy atom. The van der Waals surface area contributed by atoms with Crippen molar-refractivity contribution in [3.8, 4) is 0 Å². The largest absolute Gasteiger partial charge is 0.317 e. The third-order valence-corrected chi connectivity index (χ3v) is 1.30. The minimum atomic E-state index is 0. The average molecular weight is 154 g/mol. The molecule has 2 heteroatoms. The van der Waals surface area contributed by atoms with Gasteiger partial charge in [-0.15, -0.1) is 0 Å². The van der Waals surface area contributed by atoms with Crippen LogP contribution in [0.4, 0.5) is 0 Å². The first-order valence-electron chi connectivity index (χ1n) is 3.85. The van der Waals surface area contributed by atoms with E-state index in [4.69, 9.17) is 0 Å². The van der Waals surface area contributed by atoms with E-state index in [2.05, 4.69) is 30.4 Å². The molecule has 0 aliphatic heterocycles. The fourth-order valence-corrected chi connectivity index (χ4v) is 0.730. The maximum atomic E-state index is 4.04. The van der Waals surface area contributed by atoms with Crippen molar-refractivity contribution in [3.63, 3.8) is 0 Å². The lowest BCUT2D eigenvalue weighted by atomic mass is 10.2. The van der Waals surface area contributed by atoms with Crippen molar-refractivity contribution in [1.82, 2.24) is 5.32 Å². The molecule has 0 spiro atoms. The number of aliphatic imine (C=N–C) groups is 1. The molecule has 0 atom stereocenters. The lowest BCUT2D eigenvalue weighted by Crippen LogP contribution is -2.16. The Morgan fingerprint density at radius 3 is 2.82 bits per heavy atom. The van der Waals surface area contributed by atoms with E-state index in [9.17, 15) is 0 Å². The normalized spacial score (nSPS) is 11.2. The molecule has 0 radical (unpaired) electrons. The second kappa shape index (κ2) is 7.22. The van der Waals surface area contributed by atoms with Gasteiger partial charge < -0.3 is 5.32 Å². The van der Waals surface area contributed by atoms with E-state index in [-0.39, 0.29) is 1.43 Å². The van der Waals surface area contributed by atoms with Crippen molar-refractivity contribution in [3.05, 3.63) is 25.4 Å². The third-order valence-electron chi connectivity index (χ3n) is 1.30. The van der Waals surface area contributed by atoms with E-state index in [1.165, 1.54) is 0 Å². The topological polar surface area (TPSA) is 24.4 Å². The van der Waals surface area contributed by atoms with Gasteiger partial charge in [0.1, 0.15) is 0 Å². The number of rotatable bonds is 6. The predicted octanol–water partition coefficient (Wildman–Crippen LogP) is 2.00. The molecule has 1 N–H and O–H groups in total. The summed E-state index contributed by atoms with van der Waals surface area (Å²) in [5.41, 5.74) is 0.987. The molecule has 0 unspecified atom stereocenters. The van der Waals surface area contributed by atoms with Crippen LogP contribution in [0.3, 0.4) is 0 Å². The molecule has 0 aliphatic carbocycles. The summed E-state index contributed by atoms with van der Waals surface area (Å²) in [6.45, 7) is 11.2. The van der Waals surface area contributed by atoms with Gasteiger partial charge in [0.15, 0.2) is 0 Å². The molecule has 0 amide bonds. The number of nitrogens with zero attached hydrogens (tertiary/aromatic N) is 1. The summed E-state index contributed by atoms with van der Waals surface area (Å²) in [7, 11) is 0. The maximum Gasteiger partial charge on any atom is 0.0410 e. The Labute approximate surface area is 70.2 Å². The molecule has 64 valence electrons. The van der Waals surface area contributed by atoms with Crippen LogP contribution in [-0.2, 0) is 0 Å². The van der Waals surface area contributed by atoms with Gasteiger partial charge in [0.2, 0.25) is 0 Å². The van der Waals surface area contributed by atoms with Crippen LogP contribution in [0.15, 0.2) is 30.4 Å². The van der Waals surface area contributed by atoms with Gasteiger partial charge in [0, 0.05) is 26.3 Å². The zero-order valence-corrected chi connectivity index (χ0v) is 7.14. The molecule has 0 heterocycles. The lowest BCUT2D eigenvalue weighted by molar-refractivity contribution is 0.738. The standard InChI is InChI=1S/C9H16N2.H2/c1-4-9(11-6-3)7-8-10-5-2;/h4,6,10H,1,3,5,7-8H2,2H3;1H. The molecule has 11 heavy (non-hydrogen) atoms. The van der Waals surface area contributed by atoms with Crippen molar-refractivity contribution in [2.75, 3.05) is 13.1 Å². The monoisotopic (exact) mass is 154 g/mol. The summed E-state index contributed by atoms with van der Waals surface area (Å²) in [5.74, 6) is 0. The quantitative estimate of drug-likeness (QED) is 0.459. The molecule has 0 rings (SSSR count). The summed E-state index contributed by atoms with van der Waals surface area (Å²) in [6, 6.07) is 0. The Balaban J connectivity index is 0. The summed E-state index contributed by atoms with van der Waals surface area (Å²) < 4.78 is 0. The van der Waals surface area contributed by atoms with E-state index in [0.29, 0.717) is 0 Å². The van der Waals surface area contributed by atoms with Gasteiger partial charge >= 0.3 is 0 Å². The highest BCUT2D eigenvalue weighted by Gasteiger charge is 1.90. The molecule has 0 aromatic heterocycles. The molecule has 0 aromatic carbocycles. The van der Waals surface area contributed by atoms with Crippen LogP contribution in [0.2, 0.25) is 0 Å². The minimum Gasteiger partial charge on any atom is -0.317 e. The lowest BCUT2D eigenvalue weighted by Gasteiger charge is -1.99. The Kier molecular flexibility index (Phi) is 6.64. The SMILES string of the molecule is C=CN=C(C=C)CCNCC.[HH]. The third kappa shape index (κ3) is 5.55. The predicted molar refractivity (Wildman–Crippen MR) is 53.1 cm³/mol. The van der Waals surface area contributed by atoms with Crippen molar-refractivity contribution >= 4 is 5.71 Å². The van der Waals surface area contributed by atoms with E-state index >= 15 is 0 Å². The first-order valence-corrected chi connectivity index (χ1v) is 3.85. The molecular formula is C9H18N2. The highest BCUT2D eigenvalue weighted by molar-refractivity contribution is 5.94. The second-order valence-electron chi connectivity index (χ2n) is 2.11. The fourth-order valence-electron chi connectivity index (χ4n) is 0.730. The van der Waals surface area contributed by atoms with E-state index in [1.54, 1.807) is 12.3 Å². The summed E-state index contributed by atoms with van der Waals surface area (Å²) in [4.78, 5) is 4.04. The van der Waals surface area contributed by atoms with Crippen molar-refractivity contribution in [1.29, 1.82) is 0 Å². The van der Waals surface area contributed by atoms with Crippen LogP contribution in [-0.4, -0.2) is 18.8 Å². The zero-order chi connectivity index (χ0) is 8.53. The Hall–Kier alpha value is -0.890. The Bertz CT molecular complexity index is 153. The molecule has 0 saturated heterocycles. The van der Waals surface area contributed by atoms with Gasteiger partial charge in [0.25, 0.3) is 0 Å². The van der Waals surface area contributed by atoms with Crippen molar-refractivity contribution in [2.45, 2.75) is 13.3 Å². The van der Waals surface area contributed by atoms with Crippen molar-refractivity contribution in [2.24, 2.45) is 4.99 Å². The summed E-state index contributed by atoms with van der Waals surface area (Å²) >= 11 is 0. The van der Waals surface area contributed by atoms with Crippen LogP contribution in [0.1, 0.15) is 14.8 Å². The van der Waals surface area contributed by atoms with E-state index in [0.717, 1.165) is 25.2 Å². The van der Waals surface area contributed by atoms with E-state index in [1.807, 2.05) is 0 Å². The van der Waals surface area contributed by atoms with Gasteiger partial charge in [-0.05, 0) is 12.6 Å². The first-order chi connectivity index (χ1) is 5.35. The van der Waals surface area contributed by atoms with Crippen LogP contribution < -0.4 is 5.32 Å². The molecular weight excluding hydrogens is 136 g/mol. The fraction of sp³-hybridized carbons (Fsp3) is 0.444. The van der Waals surface area contributed by atoms with Gasteiger partial charge in [-0.1, -0.05) is 20.1 Å². The second-order valence-corrected chi connectivity index (χ2v) is 2.11. The van der Waals surface area contributed by atoms with Crippen LogP contribution in [0.25, 0.3) is 0 Å². The molecule has 0 aromatic rings. The van der Waals surface area contributed by atoms with Crippen LogP contribution in [0, 0.1) is 0 Å². The van der Waals surface area contributed by atoms with Gasteiger partial charge in [0.05, 0.1) is 0 Å². The van der Waals surface area contributed by atoms with Crippen molar-refractivity contribution < 1.29 is 1.43 Å². The highest BCUT2D eigenvalue weighted by Crippen LogP contribution is 1.87.